The molecule has 1 aromatic heterocycles. The molecule has 1 aliphatic heterocycles. The van der Waals surface area contributed by atoms with Crippen molar-refractivity contribution in [2.45, 2.75) is 46.0 Å². The first-order chi connectivity index (χ1) is 12.1. The second kappa shape index (κ2) is 12.5. The fourth-order valence-electron chi connectivity index (χ4n) is 3.00. The number of aliphatic imine (C=N–C) groups is 1. The molecule has 0 saturated carbocycles. The monoisotopic (exact) mass is 493 g/mol. The summed E-state index contributed by atoms with van der Waals surface area (Å²) in [5.74, 6) is 1.61. The van der Waals surface area contributed by atoms with Gasteiger partial charge in [0.15, 0.2) is 5.96 Å². The highest BCUT2D eigenvalue weighted by Crippen LogP contribution is 2.16. The van der Waals surface area contributed by atoms with Gasteiger partial charge in [-0.05, 0) is 25.2 Å². The maximum Gasteiger partial charge on any atom is 0.224 e. The fourth-order valence-corrected chi connectivity index (χ4v) is 3.86. The van der Waals surface area contributed by atoms with Gasteiger partial charge in [-0.15, -0.1) is 35.3 Å². The first kappa shape index (κ1) is 23.1. The summed E-state index contributed by atoms with van der Waals surface area (Å²) >= 11 is 1.77. The van der Waals surface area contributed by atoms with Gasteiger partial charge in [0, 0.05) is 57.1 Å². The van der Waals surface area contributed by atoms with Crippen LogP contribution in [0.25, 0.3) is 0 Å². The molecule has 0 bridgehead atoms. The Balaban J connectivity index is 0.00000338. The summed E-state index contributed by atoms with van der Waals surface area (Å²) in [6.07, 6.45) is 6.76. The van der Waals surface area contributed by atoms with Crippen LogP contribution < -0.4 is 10.6 Å². The Hall–Kier alpha value is -0.900. The predicted octanol–water partition coefficient (Wildman–Crippen LogP) is 2.68. The molecule has 1 aromatic rings. The van der Waals surface area contributed by atoms with Gasteiger partial charge in [0.05, 0.1) is 5.01 Å². The van der Waals surface area contributed by atoms with Crippen molar-refractivity contribution in [2.24, 2.45) is 10.9 Å². The SMILES string of the molecule is CCc1cnc(CCNC(=NC)NCCC(=O)N2CCCC(C)C2)s1.I. The molecule has 1 aliphatic rings. The molecule has 1 amide bonds. The number of hydrogen-bond acceptors (Lipinski definition) is 4. The molecule has 148 valence electrons. The zero-order chi connectivity index (χ0) is 18.1. The number of carbonyl (C=O) groups is 1. The summed E-state index contributed by atoms with van der Waals surface area (Å²) in [7, 11) is 1.75. The molecule has 2 heterocycles. The molecule has 8 heteroatoms. The lowest BCUT2D eigenvalue weighted by molar-refractivity contribution is -0.132. The van der Waals surface area contributed by atoms with Crippen LogP contribution in [0.1, 0.15) is 43.0 Å². The average Bonchev–Trinajstić information content (AvgIpc) is 3.08. The van der Waals surface area contributed by atoms with Crippen LogP contribution in [-0.2, 0) is 17.6 Å². The molecule has 1 saturated heterocycles. The molecule has 1 atom stereocenters. The third-order valence-electron chi connectivity index (χ3n) is 4.45. The lowest BCUT2D eigenvalue weighted by atomic mass is 10.00. The Morgan fingerprint density at radius 2 is 2.19 bits per heavy atom. The predicted molar refractivity (Wildman–Crippen MR) is 120 cm³/mol. The van der Waals surface area contributed by atoms with Crippen molar-refractivity contribution in [3.63, 3.8) is 0 Å². The number of likely N-dealkylation sites (tertiary alicyclic amines) is 1. The summed E-state index contributed by atoms with van der Waals surface area (Å²) < 4.78 is 0. The van der Waals surface area contributed by atoms with Crippen LogP contribution in [0.4, 0.5) is 0 Å². The van der Waals surface area contributed by atoms with Crippen molar-refractivity contribution < 1.29 is 4.79 Å². The minimum Gasteiger partial charge on any atom is -0.356 e. The maximum atomic E-state index is 12.3. The average molecular weight is 493 g/mol. The standard InChI is InChI=1S/C18H31N5OS.HI/c1-4-15-12-22-16(25-15)7-9-20-18(19-3)21-10-8-17(24)23-11-5-6-14(2)13-23;/h12,14H,4-11,13H2,1-3H3,(H2,19,20,21);1H. The van der Waals surface area contributed by atoms with Gasteiger partial charge in [0.25, 0.3) is 0 Å². The van der Waals surface area contributed by atoms with Crippen molar-refractivity contribution in [1.82, 2.24) is 20.5 Å². The van der Waals surface area contributed by atoms with Crippen LogP contribution in [0.2, 0.25) is 0 Å². The largest absolute Gasteiger partial charge is 0.356 e. The zero-order valence-electron chi connectivity index (χ0n) is 16.1. The Morgan fingerprint density at radius 1 is 1.42 bits per heavy atom. The molecule has 0 aliphatic carbocycles. The van der Waals surface area contributed by atoms with E-state index in [1.807, 2.05) is 11.1 Å². The molecule has 2 rings (SSSR count). The minimum absolute atomic E-state index is 0. The van der Waals surface area contributed by atoms with Crippen LogP contribution >= 0.6 is 35.3 Å². The number of nitrogens with zero attached hydrogens (tertiary/aromatic N) is 3. The number of aryl methyl sites for hydroxylation is 1. The van der Waals surface area contributed by atoms with Gasteiger partial charge in [-0.2, -0.15) is 0 Å². The van der Waals surface area contributed by atoms with Gasteiger partial charge in [0.2, 0.25) is 5.91 Å². The van der Waals surface area contributed by atoms with E-state index in [0.717, 1.165) is 49.9 Å². The molecule has 0 spiro atoms. The Bertz CT molecular complexity index is 578. The number of carbonyl (C=O) groups excluding carboxylic acids is 1. The Labute approximate surface area is 178 Å². The van der Waals surface area contributed by atoms with Crippen LogP contribution in [0.3, 0.4) is 0 Å². The number of piperidine rings is 1. The molecular formula is C18H32IN5OS. The first-order valence-electron chi connectivity index (χ1n) is 9.28. The van der Waals surface area contributed by atoms with Gasteiger partial charge < -0.3 is 15.5 Å². The second-order valence-electron chi connectivity index (χ2n) is 6.59. The highest BCUT2D eigenvalue weighted by Gasteiger charge is 2.20. The summed E-state index contributed by atoms with van der Waals surface area (Å²) in [6, 6.07) is 0. The molecule has 2 N–H and O–H groups in total. The summed E-state index contributed by atoms with van der Waals surface area (Å²) in [5.41, 5.74) is 0. The van der Waals surface area contributed by atoms with Crippen molar-refractivity contribution >= 4 is 47.2 Å². The molecule has 1 unspecified atom stereocenters. The Morgan fingerprint density at radius 3 is 2.85 bits per heavy atom. The zero-order valence-corrected chi connectivity index (χ0v) is 19.2. The van der Waals surface area contributed by atoms with Crippen LogP contribution in [0.15, 0.2) is 11.2 Å². The van der Waals surface area contributed by atoms with Gasteiger partial charge in [-0.1, -0.05) is 13.8 Å². The second-order valence-corrected chi connectivity index (χ2v) is 7.79. The van der Waals surface area contributed by atoms with E-state index < -0.39 is 0 Å². The third-order valence-corrected chi connectivity index (χ3v) is 5.65. The number of nitrogens with one attached hydrogen (secondary N) is 2. The van der Waals surface area contributed by atoms with Crippen molar-refractivity contribution in [3.05, 3.63) is 16.1 Å². The number of rotatable bonds is 7. The highest BCUT2D eigenvalue weighted by atomic mass is 127. The van der Waals surface area contributed by atoms with Crippen LogP contribution in [0, 0.1) is 5.92 Å². The minimum atomic E-state index is 0. The number of thiazole rings is 1. The van der Waals surface area contributed by atoms with E-state index in [-0.39, 0.29) is 29.9 Å². The molecule has 0 aromatic carbocycles. The van der Waals surface area contributed by atoms with Gasteiger partial charge in [-0.25, -0.2) is 4.98 Å². The number of aromatic nitrogens is 1. The van der Waals surface area contributed by atoms with E-state index >= 15 is 0 Å². The number of halogens is 1. The van der Waals surface area contributed by atoms with E-state index in [2.05, 4.69) is 34.5 Å². The quantitative estimate of drug-likeness (QED) is 0.348. The normalized spacial score (nSPS) is 17.6. The van der Waals surface area contributed by atoms with Gasteiger partial charge in [0.1, 0.15) is 0 Å². The van der Waals surface area contributed by atoms with E-state index in [1.165, 1.54) is 11.3 Å². The van der Waals surface area contributed by atoms with Crippen LogP contribution in [-0.4, -0.2) is 55.0 Å². The van der Waals surface area contributed by atoms with E-state index in [4.69, 9.17) is 0 Å². The lowest BCUT2D eigenvalue weighted by Crippen LogP contribution is -2.42. The summed E-state index contributed by atoms with van der Waals surface area (Å²) in [5, 5.41) is 7.66. The number of amides is 1. The van der Waals surface area contributed by atoms with Crippen molar-refractivity contribution in [2.75, 3.05) is 33.2 Å². The van der Waals surface area contributed by atoms with Crippen molar-refractivity contribution in [1.29, 1.82) is 0 Å². The molecule has 26 heavy (non-hydrogen) atoms. The maximum absolute atomic E-state index is 12.3. The van der Waals surface area contributed by atoms with Gasteiger partial charge in [-0.3, -0.25) is 9.79 Å². The van der Waals surface area contributed by atoms with E-state index in [1.54, 1.807) is 18.4 Å². The number of guanidine groups is 1. The number of hydrogen-bond donors (Lipinski definition) is 2. The summed E-state index contributed by atoms with van der Waals surface area (Å²) in [4.78, 5) is 24.2. The molecule has 0 radical (unpaired) electrons. The Kier molecular flexibility index (Phi) is 11.1. The van der Waals surface area contributed by atoms with Crippen LogP contribution in [0.5, 0.6) is 0 Å². The third kappa shape index (κ3) is 7.77. The highest BCUT2D eigenvalue weighted by molar-refractivity contribution is 14.0. The van der Waals surface area contributed by atoms with Crippen molar-refractivity contribution in [3.8, 4) is 0 Å². The van der Waals surface area contributed by atoms with Gasteiger partial charge >= 0.3 is 0 Å². The fraction of sp³-hybridized carbons (Fsp3) is 0.722. The molecule has 1 fully saturated rings. The molecule has 6 nitrogen and oxygen atoms in total. The first-order valence-corrected chi connectivity index (χ1v) is 10.1. The summed E-state index contributed by atoms with van der Waals surface area (Å²) in [6.45, 7) is 7.57. The topological polar surface area (TPSA) is 69.6 Å². The van der Waals surface area contributed by atoms with E-state index in [9.17, 15) is 4.79 Å². The molecular weight excluding hydrogens is 461 g/mol. The van der Waals surface area contributed by atoms with E-state index in [0.29, 0.717) is 18.9 Å². The smallest absolute Gasteiger partial charge is 0.224 e. The lowest BCUT2D eigenvalue weighted by Gasteiger charge is -2.31.